The van der Waals surface area contributed by atoms with Crippen molar-refractivity contribution in [2.75, 3.05) is 0 Å². The largest absolute Gasteiger partial charge is 0.299 e. The summed E-state index contributed by atoms with van der Waals surface area (Å²) in [6, 6.07) is 4.14. The summed E-state index contributed by atoms with van der Waals surface area (Å²) in [4.78, 5) is 16.6. The minimum absolute atomic E-state index is 0.0322. The smallest absolute Gasteiger partial charge is 0.182 e. The van der Waals surface area contributed by atoms with Gasteiger partial charge in [0.2, 0.25) is 0 Å². The van der Waals surface area contributed by atoms with Crippen LogP contribution in [0.15, 0.2) is 32.3 Å². The van der Waals surface area contributed by atoms with E-state index < -0.39 is 5.82 Å². The van der Waals surface area contributed by atoms with Crippen LogP contribution in [0.4, 0.5) is 10.1 Å². The van der Waals surface area contributed by atoms with Gasteiger partial charge in [-0.1, -0.05) is 37.3 Å². The first-order valence-corrected chi connectivity index (χ1v) is 9.63. The van der Waals surface area contributed by atoms with E-state index in [1.54, 1.807) is 0 Å². The number of carbonyl (C=O) groups excluding carboxylic acids is 1. The zero-order valence-electron chi connectivity index (χ0n) is 14.6. The highest BCUT2D eigenvalue weighted by Crippen LogP contribution is 2.27. The van der Waals surface area contributed by atoms with E-state index in [0.717, 1.165) is 12.8 Å². The van der Waals surface area contributed by atoms with E-state index in [1.807, 2.05) is 5.48 Å². The molecule has 0 atom stereocenters. The zero-order chi connectivity index (χ0) is 19.2. The van der Waals surface area contributed by atoms with Crippen LogP contribution < -0.4 is 5.48 Å². The SMILES string of the molecule is O=C(Cc1nonc1C(=Nc1ccc(F)c(Br)c1)NO)CC1CCCCC1. The number of hydrogen-bond donors (Lipinski definition) is 2. The number of amidine groups is 1. The molecule has 1 heterocycles. The van der Waals surface area contributed by atoms with Gasteiger partial charge in [-0.05, 0) is 45.2 Å². The van der Waals surface area contributed by atoms with Crippen LogP contribution in [-0.2, 0) is 11.2 Å². The summed E-state index contributed by atoms with van der Waals surface area (Å²) in [7, 11) is 0. The van der Waals surface area contributed by atoms with Gasteiger partial charge in [0.05, 0.1) is 16.6 Å². The summed E-state index contributed by atoms with van der Waals surface area (Å²) in [6.45, 7) is 0. The minimum Gasteiger partial charge on any atom is -0.299 e. The first-order chi connectivity index (χ1) is 13.1. The summed E-state index contributed by atoms with van der Waals surface area (Å²) in [5.74, 6) is 0.0238. The second kappa shape index (κ2) is 9.18. The molecule has 0 amide bonds. The Bertz CT molecular complexity index is 834. The second-order valence-corrected chi connectivity index (χ2v) is 7.51. The van der Waals surface area contributed by atoms with Gasteiger partial charge in [0, 0.05) is 6.42 Å². The highest BCUT2D eigenvalue weighted by Gasteiger charge is 2.22. The Hall–Kier alpha value is -2.13. The average molecular weight is 439 g/mol. The van der Waals surface area contributed by atoms with Crippen LogP contribution >= 0.6 is 15.9 Å². The van der Waals surface area contributed by atoms with Gasteiger partial charge < -0.3 is 0 Å². The Morgan fingerprint density at radius 1 is 1.33 bits per heavy atom. The summed E-state index contributed by atoms with van der Waals surface area (Å²) >= 11 is 3.08. The fourth-order valence-electron chi connectivity index (χ4n) is 3.29. The van der Waals surface area contributed by atoms with Crippen molar-refractivity contribution in [2.45, 2.75) is 44.9 Å². The van der Waals surface area contributed by atoms with E-state index in [2.05, 4.69) is 31.2 Å². The predicted octanol–water partition coefficient (Wildman–Crippen LogP) is 4.11. The van der Waals surface area contributed by atoms with Crippen molar-refractivity contribution >= 4 is 33.2 Å². The first kappa shape index (κ1) is 19.6. The molecule has 1 saturated carbocycles. The highest BCUT2D eigenvalue weighted by atomic mass is 79.9. The van der Waals surface area contributed by atoms with Crippen LogP contribution in [0.1, 0.15) is 49.9 Å². The van der Waals surface area contributed by atoms with Gasteiger partial charge in [0.25, 0.3) is 0 Å². The minimum atomic E-state index is -0.426. The van der Waals surface area contributed by atoms with Gasteiger partial charge in [-0.25, -0.2) is 14.0 Å². The molecule has 7 nitrogen and oxygen atoms in total. The summed E-state index contributed by atoms with van der Waals surface area (Å²) in [5, 5.41) is 17.0. The normalized spacial score (nSPS) is 15.7. The molecule has 0 unspecified atom stereocenters. The number of Topliss-reactive ketones (excluding diaryl/α,β-unsaturated/α-hetero) is 1. The lowest BCUT2D eigenvalue weighted by atomic mass is 9.85. The van der Waals surface area contributed by atoms with Gasteiger partial charge in [-0.3, -0.25) is 15.5 Å². The Balaban J connectivity index is 1.74. The number of nitrogens with zero attached hydrogens (tertiary/aromatic N) is 3. The second-order valence-electron chi connectivity index (χ2n) is 6.65. The third kappa shape index (κ3) is 5.20. The van der Waals surface area contributed by atoms with Crippen molar-refractivity contribution in [1.29, 1.82) is 0 Å². The maximum atomic E-state index is 13.4. The van der Waals surface area contributed by atoms with Gasteiger partial charge in [0.15, 0.2) is 11.5 Å². The number of hydrogen-bond acceptors (Lipinski definition) is 6. The predicted molar refractivity (Wildman–Crippen MR) is 99.4 cm³/mol. The molecule has 2 aromatic rings. The van der Waals surface area contributed by atoms with Gasteiger partial charge in [0.1, 0.15) is 17.3 Å². The molecule has 27 heavy (non-hydrogen) atoms. The topological polar surface area (TPSA) is 101 Å². The number of nitrogens with one attached hydrogen (secondary N) is 1. The number of hydroxylamine groups is 1. The third-order valence-electron chi connectivity index (χ3n) is 4.64. The summed E-state index contributed by atoms with van der Waals surface area (Å²) in [5.41, 5.74) is 2.78. The standard InChI is InChI=1S/C18H20BrFN4O3/c19-14-9-12(6-7-15(14)20)21-18(22-26)17-16(23-27-24-17)10-13(25)8-11-4-2-1-3-5-11/h6-7,9,11,26H,1-5,8,10H2,(H,21,22). The Morgan fingerprint density at radius 2 is 2.11 bits per heavy atom. The van der Waals surface area contributed by atoms with E-state index >= 15 is 0 Å². The highest BCUT2D eigenvalue weighted by molar-refractivity contribution is 9.10. The third-order valence-corrected chi connectivity index (χ3v) is 5.24. The monoisotopic (exact) mass is 438 g/mol. The zero-order valence-corrected chi connectivity index (χ0v) is 16.2. The Kier molecular flexibility index (Phi) is 6.68. The van der Waals surface area contributed by atoms with Crippen molar-refractivity contribution in [3.63, 3.8) is 0 Å². The molecular weight excluding hydrogens is 419 g/mol. The molecule has 1 aromatic carbocycles. The van der Waals surface area contributed by atoms with Gasteiger partial charge in [-0.2, -0.15) is 0 Å². The Labute approximate surface area is 164 Å². The van der Waals surface area contributed by atoms with Gasteiger partial charge >= 0.3 is 0 Å². The van der Waals surface area contributed by atoms with E-state index in [-0.39, 0.29) is 28.2 Å². The number of benzene rings is 1. The van der Waals surface area contributed by atoms with Crippen molar-refractivity contribution in [2.24, 2.45) is 10.9 Å². The molecule has 0 aliphatic heterocycles. The van der Waals surface area contributed by atoms with Crippen LogP contribution in [0.3, 0.4) is 0 Å². The lowest BCUT2D eigenvalue weighted by molar-refractivity contribution is -0.119. The van der Waals surface area contributed by atoms with Crippen molar-refractivity contribution < 1.29 is 19.0 Å². The molecule has 0 saturated heterocycles. The average Bonchev–Trinajstić information content (AvgIpc) is 3.11. The van der Waals surface area contributed by atoms with Gasteiger partial charge in [-0.15, -0.1) is 0 Å². The fraction of sp³-hybridized carbons (Fsp3) is 0.444. The number of aliphatic imine (C=N–C) groups is 1. The molecule has 144 valence electrons. The number of halogens is 2. The lowest BCUT2D eigenvalue weighted by Gasteiger charge is -2.20. The molecule has 9 heteroatoms. The maximum Gasteiger partial charge on any atom is 0.182 e. The van der Waals surface area contributed by atoms with Crippen LogP contribution in [0, 0.1) is 11.7 Å². The van der Waals surface area contributed by atoms with E-state index in [1.165, 1.54) is 37.5 Å². The molecule has 3 rings (SSSR count). The summed E-state index contributed by atoms with van der Waals surface area (Å²) in [6.07, 6.45) is 6.32. The number of aromatic nitrogens is 2. The lowest BCUT2D eigenvalue weighted by Crippen LogP contribution is -2.23. The molecular formula is C18H20BrFN4O3. The van der Waals surface area contributed by atoms with Crippen molar-refractivity contribution in [3.8, 4) is 0 Å². The molecule has 1 aromatic heterocycles. The van der Waals surface area contributed by atoms with Crippen molar-refractivity contribution in [1.82, 2.24) is 15.8 Å². The van der Waals surface area contributed by atoms with E-state index in [0.29, 0.717) is 23.7 Å². The molecule has 1 aliphatic carbocycles. The molecule has 0 radical (unpaired) electrons. The maximum absolute atomic E-state index is 13.4. The van der Waals surface area contributed by atoms with Crippen LogP contribution in [0.2, 0.25) is 0 Å². The molecule has 1 fully saturated rings. The molecule has 0 bridgehead atoms. The quantitative estimate of drug-likeness (QED) is 0.399. The van der Waals surface area contributed by atoms with Crippen LogP contribution in [0.25, 0.3) is 0 Å². The van der Waals surface area contributed by atoms with Crippen LogP contribution in [0.5, 0.6) is 0 Å². The molecule has 2 N–H and O–H groups in total. The van der Waals surface area contributed by atoms with E-state index in [4.69, 9.17) is 4.63 Å². The first-order valence-electron chi connectivity index (χ1n) is 8.84. The Morgan fingerprint density at radius 3 is 2.81 bits per heavy atom. The van der Waals surface area contributed by atoms with E-state index in [9.17, 15) is 14.4 Å². The number of carbonyl (C=O) groups is 1. The number of ketones is 1. The van der Waals surface area contributed by atoms with Crippen LogP contribution in [-0.4, -0.2) is 27.1 Å². The van der Waals surface area contributed by atoms with Crippen molar-refractivity contribution in [3.05, 3.63) is 39.9 Å². The molecule has 1 aliphatic rings. The fourth-order valence-corrected chi connectivity index (χ4v) is 3.66. The molecule has 0 spiro atoms. The summed E-state index contributed by atoms with van der Waals surface area (Å²) < 4.78 is 18.3. The number of rotatable bonds is 6.